The summed E-state index contributed by atoms with van der Waals surface area (Å²) in [6.45, 7) is 5.40. The zero-order valence-corrected chi connectivity index (χ0v) is 21.1. The summed E-state index contributed by atoms with van der Waals surface area (Å²) in [5, 5.41) is 6.14. The number of likely N-dealkylation sites (N-methyl/N-ethyl adjacent to an activating group) is 1. The van der Waals surface area contributed by atoms with Gasteiger partial charge in [-0.25, -0.2) is 0 Å². The van der Waals surface area contributed by atoms with E-state index in [1.807, 2.05) is 70.4 Å². The fourth-order valence-corrected chi connectivity index (χ4v) is 4.17. The lowest BCUT2D eigenvalue weighted by Crippen LogP contribution is -2.39. The number of aryl methyl sites for hydroxylation is 2. The molecule has 0 bridgehead atoms. The number of hydrogen-bond donors (Lipinski definition) is 2. The number of para-hydroxylation sites is 1. The van der Waals surface area contributed by atoms with Gasteiger partial charge in [0.1, 0.15) is 5.75 Å². The molecule has 0 radical (unpaired) electrons. The second kappa shape index (κ2) is 12.0. The van der Waals surface area contributed by atoms with Crippen molar-refractivity contribution in [2.45, 2.75) is 45.2 Å². The van der Waals surface area contributed by atoms with E-state index < -0.39 is 0 Å². The largest absolute Gasteiger partial charge is 0.497 e. The zero-order valence-electron chi connectivity index (χ0n) is 21.1. The molecule has 1 atom stereocenters. The minimum Gasteiger partial charge on any atom is -0.497 e. The maximum atomic E-state index is 12.7. The number of rotatable bonds is 12. The first-order valence-electron chi connectivity index (χ1n) is 12.0. The van der Waals surface area contributed by atoms with Gasteiger partial charge in [0.25, 0.3) is 0 Å². The first-order chi connectivity index (χ1) is 16.3. The molecule has 0 heterocycles. The Morgan fingerprint density at radius 1 is 1.03 bits per heavy atom. The van der Waals surface area contributed by atoms with E-state index in [2.05, 4.69) is 20.4 Å². The van der Waals surface area contributed by atoms with Gasteiger partial charge in [-0.2, -0.15) is 0 Å². The molecule has 0 aromatic heterocycles. The first-order valence-corrected chi connectivity index (χ1v) is 12.0. The van der Waals surface area contributed by atoms with Crippen molar-refractivity contribution < 1.29 is 14.3 Å². The molecular formula is C27H38N4O3. The fourth-order valence-electron chi connectivity index (χ4n) is 4.17. The lowest BCUT2D eigenvalue weighted by molar-refractivity contribution is -0.122. The van der Waals surface area contributed by atoms with Gasteiger partial charge >= 0.3 is 0 Å². The summed E-state index contributed by atoms with van der Waals surface area (Å²) in [6, 6.07) is 14.4. The van der Waals surface area contributed by atoms with Crippen LogP contribution >= 0.6 is 0 Å². The van der Waals surface area contributed by atoms with Crippen LogP contribution in [0.4, 0.5) is 5.69 Å². The molecule has 2 aromatic carbocycles. The third kappa shape index (κ3) is 7.30. The molecule has 1 aliphatic rings. The van der Waals surface area contributed by atoms with E-state index in [1.54, 1.807) is 7.11 Å². The number of benzene rings is 2. The van der Waals surface area contributed by atoms with Crippen LogP contribution in [0.2, 0.25) is 0 Å². The topological polar surface area (TPSA) is 73.9 Å². The van der Waals surface area contributed by atoms with E-state index >= 15 is 0 Å². The Morgan fingerprint density at radius 2 is 1.68 bits per heavy atom. The number of carbonyl (C=O) groups excluding carboxylic acids is 2. The smallest absolute Gasteiger partial charge is 0.238 e. The molecule has 1 saturated carbocycles. The van der Waals surface area contributed by atoms with Crippen molar-refractivity contribution in [3.63, 3.8) is 0 Å². The second-order valence-electron chi connectivity index (χ2n) is 9.32. The molecule has 2 amide bonds. The van der Waals surface area contributed by atoms with Crippen molar-refractivity contribution in [3.8, 4) is 5.75 Å². The number of methoxy groups -OCH3 is 1. The number of carbonyl (C=O) groups is 2. The molecule has 1 unspecified atom stereocenters. The Labute approximate surface area is 203 Å². The highest BCUT2D eigenvalue weighted by molar-refractivity contribution is 5.93. The quantitative estimate of drug-likeness (QED) is 0.501. The highest BCUT2D eigenvalue weighted by atomic mass is 16.5. The Morgan fingerprint density at radius 3 is 2.24 bits per heavy atom. The Bertz CT molecular complexity index is 950. The molecule has 0 saturated heterocycles. The number of nitrogens with zero attached hydrogens (tertiary/aromatic N) is 2. The summed E-state index contributed by atoms with van der Waals surface area (Å²) in [7, 11) is 5.66. The van der Waals surface area contributed by atoms with Crippen molar-refractivity contribution in [1.82, 2.24) is 15.1 Å². The van der Waals surface area contributed by atoms with Gasteiger partial charge < -0.3 is 20.3 Å². The van der Waals surface area contributed by atoms with Gasteiger partial charge in [0.05, 0.1) is 19.7 Å². The van der Waals surface area contributed by atoms with Crippen LogP contribution in [0.25, 0.3) is 0 Å². The molecule has 3 rings (SSSR count). The molecule has 1 fully saturated rings. The van der Waals surface area contributed by atoms with E-state index in [-0.39, 0.29) is 17.9 Å². The van der Waals surface area contributed by atoms with E-state index in [0.29, 0.717) is 32.1 Å². The van der Waals surface area contributed by atoms with Gasteiger partial charge in [-0.15, -0.1) is 0 Å². The zero-order chi connectivity index (χ0) is 24.7. The van der Waals surface area contributed by atoms with Gasteiger partial charge in [0.15, 0.2) is 0 Å². The predicted molar refractivity (Wildman–Crippen MR) is 136 cm³/mol. The van der Waals surface area contributed by atoms with E-state index in [0.717, 1.165) is 41.0 Å². The minimum absolute atomic E-state index is 0.00108. The van der Waals surface area contributed by atoms with Gasteiger partial charge in [-0.3, -0.25) is 14.5 Å². The second-order valence-corrected chi connectivity index (χ2v) is 9.32. The Hall–Kier alpha value is -2.90. The molecule has 2 N–H and O–H groups in total. The minimum atomic E-state index is -0.0307. The number of hydrogen-bond acceptors (Lipinski definition) is 5. The van der Waals surface area contributed by atoms with Crippen molar-refractivity contribution in [3.05, 3.63) is 59.2 Å². The molecule has 7 nitrogen and oxygen atoms in total. The summed E-state index contributed by atoms with van der Waals surface area (Å²) in [5.41, 5.74) is 4.11. The molecule has 1 aliphatic carbocycles. The molecule has 7 heteroatoms. The van der Waals surface area contributed by atoms with Crippen LogP contribution in [0.5, 0.6) is 5.75 Å². The fraction of sp³-hybridized carbons (Fsp3) is 0.481. The van der Waals surface area contributed by atoms with Gasteiger partial charge in [0, 0.05) is 31.2 Å². The Kier molecular flexibility index (Phi) is 9.07. The maximum Gasteiger partial charge on any atom is 0.238 e. The van der Waals surface area contributed by atoms with Crippen LogP contribution in [-0.4, -0.2) is 68.5 Å². The molecule has 0 spiro atoms. The summed E-state index contributed by atoms with van der Waals surface area (Å²) >= 11 is 0. The van der Waals surface area contributed by atoms with Crippen molar-refractivity contribution in [2.24, 2.45) is 0 Å². The monoisotopic (exact) mass is 466 g/mol. The highest BCUT2D eigenvalue weighted by Crippen LogP contribution is 2.27. The third-order valence-corrected chi connectivity index (χ3v) is 6.40. The predicted octanol–water partition coefficient (Wildman–Crippen LogP) is 3.52. The van der Waals surface area contributed by atoms with Crippen LogP contribution in [0, 0.1) is 13.8 Å². The summed E-state index contributed by atoms with van der Waals surface area (Å²) in [4.78, 5) is 29.6. The van der Waals surface area contributed by atoms with Gasteiger partial charge in [-0.1, -0.05) is 30.3 Å². The number of amides is 2. The average Bonchev–Trinajstić information content (AvgIpc) is 3.65. The lowest BCUT2D eigenvalue weighted by atomic mass is 10.1. The number of nitrogens with one attached hydrogen (secondary N) is 2. The lowest BCUT2D eigenvalue weighted by Gasteiger charge is -2.26. The highest BCUT2D eigenvalue weighted by Gasteiger charge is 2.30. The summed E-state index contributed by atoms with van der Waals surface area (Å²) < 4.78 is 5.24. The maximum absolute atomic E-state index is 12.7. The SMILES string of the molecule is COc1ccc(C(CNC(=O)CCN(CC(=O)Nc2c(C)cccc2C)C2CC2)N(C)C)cc1. The summed E-state index contributed by atoms with van der Waals surface area (Å²) in [6.07, 6.45) is 2.53. The van der Waals surface area contributed by atoms with Gasteiger partial charge in [-0.05, 0) is 69.6 Å². The molecule has 184 valence electrons. The third-order valence-electron chi connectivity index (χ3n) is 6.40. The van der Waals surface area contributed by atoms with Gasteiger partial charge in [0.2, 0.25) is 11.8 Å². The number of anilines is 1. The molecular weight excluding hydrogens is 428 g/mol. The van der Waals surface area contributed by atoms with Crippen molar-refractivity contribution >= 4 is 17.5 Å². The number of ether oxygens (including phenoxy) is 1. The first kappa shape index (κ1) is 25.7. The van der Waals surface area contributed by atoms with Crippen molar-refractivity contribution in [2.75, 3.05) is 46.2 Å². The van der Waals surface area contributed by atoms with Crippen LogP contribution in [-0.2, 0) is 9.59 Å². The Balaban J connectivity index is 1.49. The van der Waals surface area contributed by atoms with Crippen LogP contribution in [0.1, 0.15) is 42.0 Å². The van der Waals surface area contributed by atoms with E-state index in [4.69, 9.17) is 4.74 Å². The van der Waals surface area contributed by atoms with Crippen LogP contribution < -0.4 is 15.4 Å². The van der Waals surface area contributed by atoms with E-state index in [9.17, 15) is 9.59 Å². The molecule has 2 aromatic rings. The molecule has 34 heavy (non-hydrogen) atoms. The normalized spacial score (nSPS) is 14.2. The molecule has 0 aliphatic heterocycles. The van der Waals surface area contributed by atoms with Crippen molar-refractivity contribution in [1.29, 1.82) is 0 Å². The average molecular weight is 467 g/mol. The van der Waals surface area contributed by atoms with Crippen LogP contribution in [0.15, 0.2) is 42.5 Å². The van der Waals surface area contributed by atoms with Crippen LogP contribution in [0.3, 0.4) is 0 Å². The summed E-state index contributed by atoms with van der Waals surface area (Å²) in [5.74, 6) is 0.783. The standard InChI is InChI=1S/C27H38N4O3/c1-19-7-6-8-20(2)27(19)29-26(33)18-31(22-11-12-22)16-15-25(32)28-17-24(30(3)4)21-9-13-23(34-5)14-10-21/h6-10,13-14,22,24H,11-12,15-18H2,1-5H3,(H,28,32)(H,29,33). The van der Waals surface area contributed by atoms with E-state index in [1.165, 1.54) is 0 Å².